The predicted octanol–water partition coefficient (Wildman–Crippen LogP) is 3.46. The van der Waals surface area contributed by atoms with Gasteiger partial charge >= 0.3 is 6.09 Å². The Morgan fingerprint density at radius 2 is 2.18 bits per heavy atom. The van der Waals surface area contributed by atoms with Gasteiger partial charge in [-0.25, -0.2) is 10.2 Å². The first-order valence-electron chi connectivity index (χ1n) is 4.97. The summed E-state index contributed by atoms with van der Waals surface area (Å²) in [5, 5.41) is 4.89. The van der Waals surface area contributed by atoms with Crippen LogP contribution in [0.25, 0.3) is 0 Å². The fourth-order valence-electron chi connectivity index (χ4n) is 1.14. The second-order valence-electron chi connectivity index (χ2n) is 3.15. The molecule has 6 heteroatoms. The van der Waals surface area contributed by atoms with Crippen LogP contribution < -0.4 is 5.43 Å². The van der Waals surface area contributed by atoms with Crippen molar-refractivity contribution >= 4 is 35.0 Å². The van der Waals surface area contributed by atoms with Gasteiger partial charge in [0.15, 0.2) is 0 Å². The predicted molar refractivity (Wildman–Crippen MR) is 68.8 cm³/mol. The number of hydrogen-bond acceptors (Lipinski definition) is 3. The van der Waals surface area contributed by atoms with Gasteiger partial charge in [-0.1, -0.05) is 29.3 Å². The fraction of sp³-hybridized carbons (Fsp3) is 0.273. The summed E-state index contributed by atoms with van der Waals surface area (Å²) in [5.41, 5.74) is 3.53. The number of hydrogen-bond donors (Lipinski definition) is 1. The average Bonchev–Trinajstić information content (AvgIpc) is 2.26. The van der Waals surface area contributed by atoms with Gasteiger partial charge in [0.25, 0.3) is 0 Å². The van der Waals surface area contributed by atoms with Gasteiger partial charge in [0.2, 0.25) is 0 Å². The summed E-state index contributed by atoms with van der Waals surface area (Å²) in [6.07, 6.45) is -0.600. The van der Waals surface area contributed by atoms with Crippen LogP contribution in [0, 0.1) is 0 Å². The van der Waals surface area contributed by atoms with E-state index in [0.717, 1.165) is 0 Å². The maximum atomic E-state index is 11.0. The number of carbonyl (C=O) groups is 1. The van der Waals surface area contributed by atoms with E-state index in [1.165, 1.54) is 0 Å². The van der Waals surface area contributed by atoms with Crippen LogP contribution in [0.5, 0.6) is 0 Å². The van der Waals surface area contributed by atoms with Crippen LogP contribution in [0.4, 0.5) is 4.79 Å². The number of amides is 1. The van der Waals surface area contributed by atoms with Gasteiger partial charge in [-0.2, -0.15) is 5.10 Å². The van der Waals surface area contributed by atoms with Crippen molar-refractivity contribution in [3.8, 4) is 0 Å². The number of nitrogens with one attached hydrogen (secondary N) is 1. The topological polar surface area (TPSA) is 50.7 Å². The van der Waals surface area contributed by atoms with Crippen molar-refractivity contribution in [3.63, 3.8) is 0 Å². The Bertz CT molecular complexity index is 447. The molecule has 0 unspecified atom stereocenters. The maximum absolute atomic E-state index is 11.0. The molecule has 1 aromatic rings. The Morgan fingerprint density at radius 1 is 1.47 bits per heavy atom. The van der Waals surface area contributed by atoms with Crippen LogP contribution in [0.1, 0.15) is 19.4 Å². The van der Waals surface area contributed by atoms with Crippen molar-refractivity contribution in [2.45, 2.75) is 13.8 Å². The van der Waals surface area contributed by atoms with Crippen LogP contribution in [-0.2, 0) is 4.74 Å². The molecule has 0 saturated heterocycles. The minimum Gasteiger partial charge on any atom is -0.449 e. The number of hydrazone groups is 1. The lowest BCUT2D eigenvalue weighted by Crippen LogP contribution is -2.20. The van der Waals surface area contributed by atoms with Crippen LogP contribution in [-0.4, -0.2) is 18.4 Å². The summed E-state index contributed by atoms with van der Waals surface area (Å²) in [6, 6.07) is 5.05. The lowest BCUT2D eigenvalue weighted by Gasteiger charge is -2.05. The van der Waals surface area contributed by atoms with E-state index >= 15 is 0 Å². The molecule has 0 bridgehead atoms. The average molecular weight is 275 g/mol. The first-order chi connectivity index (χ1) is 8.04. The maximum Gasteiger partial charge on any atom is 0.427 e. The van der Waals surface area contributed by atoms with Gasteiger partial charge in [0, 0.05) is 10.6 Å². The highest BCUT2D eigenvalue weighted by Crippen LogP contribution is 2.21. The molecule has 4 nitrogen and oxygen atoms in total. The van der Waals surface area contributed by atoms with E-state index in [2.05, 4.69) is 15.3 Å². The van der Waals surface area contributed by atoms with E-state index < -0.39 is 6.09 Å². The molecule has 0 aromatic heterocycles. The quantitative estimate of drug-likeness (QED) is 0.678. The monoisotopic (exact) mass is 274 g/mol. The van der Waals surface area contributed by atoms with Crippen molar-refractivity contribution in [1.29, 1.82) is 0 Å². The largest absolute Gasteiger partial charge is 0.449 e. The summed E-state index contributed by atoms with van der Waals surface area (Å²) in [5.74, 6) is 0. The number of benzene rings is 1. The minimum absolute atomic E-state index is 0.294. The smallest absolute Gasteiger partial charge is 0.427 e. The second-order valence-corrected chi connectivity index (χ2v) is 4.00. The van der Waals surface area contributed by atoms with E-state index in [-0.39, 0.29) is 0 Å². The zero-order valence-electron chi connectivity index (χ0n) is 9.46. The summed E-state index contributed by atoms with van der Waals surface area (Å²) in [4.78, 5) is 11.0. The Hall–Kier alpha value is -1.26. The van der Waals surface area contributed by atoms with Gasteiger partial charge in [-0.05, 0) is 26.0 Å². The van der Waals surface area contributed by atoms with E-state index in [4.69, 9.17) is 23.2 Å². The molecule has 92 valence electrons. The third-order valence-electron chi connectivity index (χ3n) is 1.91. The van der Waals surface area contributed by atoms with Gasteiger partial charge in [-0.15, -0.1) is 0 Å². The van der Waals surface area contributed by atoms with Crippen molar-refractivity contribution in [2.75, 3.05) is 6.61 Å². The minimum atomic E-state index is -0.600. The molecule has 17 heavy (non-hydrogen) atoms. The van der Waals surface area contributed by atoms with E-state index in [1.54, 1.807) is 32.0 Å². The zero-order chi connectivity index (χ0) is 12.8. The molecule has 0 spiro atoms. The Kier molecular flexibility index (Phi) is 5.25. The van der Waals surface area contributed by atoms with Crippen LogP contribution >= 0.6 is 23.2 Å². The molecule has 0 aliphatic carbocycles. The van der Waals surface area contributed by atoms with E-state index in [9.17, 15) is 4.79 Å². The summed E-state index contributed by atoms with van der Waals surface area (Å²) in [7, 11) is 0. The standard InChI is InChI=1S/C11H12Cl2N2O2/c1-3-17-11(16)15-14-7(2)9-5-4-8(12)6-10(9)13/h4-6H,3H2,1-2H3,(H,15,16)/b14-7-. The molecule has 0 saturated carbocycles. The molecule has 0 fully saturated rings. The van der Waals surface area contributed by atoms with Crippen LogP contribution in [0.3, 0.4) is 0 Å². The van der Waals surface area contributed by atoms with Crippen molar-refractivity contribution in [2.24, 2.45) is 5.10 Å². The first kappa shape index (κ1) is 13.8. The van der Waals surface area contributed by atoms with Crippen molar-refractivity contribution in [3.05, 3.63) is 33.8 Å². The van der Waals surface area contributed by atoms with Gasteiger partial charge in [-0.3, -0.25) is 0 Å². The van der Waals surface area contributed by atoms with E-state index in [0.29, 0.717) is 27.9 Å². The van der Waals surface area contributed by atoms with Gasteiger partial charge in [0.1, 0.15) is 0 Å². The summed E-state index contributed by atoms with van der Waals surface area (Å²) < 4.78 is 4.67. The Morgan fingerprint density at radius 3 is 2.76 bits per heavy atom. The number of nitrogens with zero attached hydrogens (tertiary/aromatic N) is 1. The number of halogens is 2. The molecular weight excluding hydrogens is 263 g/mol. The third-order valence-corrected chi connectivity index (χ3v) is 2.46. The lowest BCUT2D eigenvalue weighted by molar-refractivity contribution is 0.152. The van der Waals surface area contributed by atoms with Crippen LogP contribution in [0.15, 0.2) is 23.3 Å². The third kappa shape index (κ3) is 4.24. The van der Waals surface area contributed by atoms with E-state index in [1.807, 2.05) is 0 Å². The molecule has 0 aliphatic heterocycles. The SMILES string of the molecule is CCOC(=O)N/N=C(/C)c1ccc(Cl)cc1Cl. The van der Waals surface area contributed by atoms with Crippen molar-refractivity contribution in [1.82, 2.24) is 5.43 Å². The normalized spacial score (nSPS) is 11.2. The molecule has 0 aliphatic rings. The lowest BCUT2D eigenvalue weighted by atomic mass is 10.1. The first-order valence-corrected chi connectivity index (χ1v) is 5.72. The van der Waals surface area contributed by atoms with Gasteiger partial charge < -0.3 is 4.74 Å². The van der Waals surface area contributed by atoms with Crippen molar-refractivity contribution < 1.29 is 9.53 Å². The number of rotatable bonds is 3. The zero-order valence-corrected chi connectivity index (χ0v) is 11.0. The highest BCUT2D eigenvalue weighted by Gasteiger charge is 2.05. The number of ether oxygens (including phenoxy) is 1. The second kappa shape index (κ2) is 6.47. The molecule has 1 N–H and O–H groups in total. The number of carbonyl (C=O) groups excluding carboxylic acids is 1. The molecule has 1 aromatic carbocycles. The highest BCUT2D eigenvalue weighted by atomic mass is 35.5. The molecule has 0 atom stereocenters. The molecule has 0 radical (unpaired) electrons. The van der Waals surface area contributed by atoms with Crippen LogP contribution in [0.2, 0.25) is 10.0 Å². The summed E-state index contributed by atoms with van der Waals surface area (Å²) >= 11 is 11.8. The molecule has 1 amide bonds. The Balaban J connectivity index is 2.78. The summed E-state index contributed by atoms with van der Waals surface area (Å²) in [6.45, 7) is 3.73. The fourth-order valence-corrected chi connectivity index (χ4v) is 1.68. The highest BCUT2D eigenvalue weighted by molar-refractivity contribution is 6.37. The molecular formula is C11H12Cl2N2O2. The Labute approximate surface area is 110 Å². The van der Waals surface area contributed by atoms with Gasteiger partial charge in [0.05, 0.1) is 17.3 Å². The molecule has 1 rings (SSSR count). The molecule has 0 heterocycles.